The van der Waals surface area contributed by atoms with Crippen molar-refractivity contribution in [2.45, 2.75) is 79.7 Å². The summed E-state index contributed by atoms with van der Waals surface area (Å²) < 4.78 is 34.1. The predicted molar refractivity (Wildman–Crippen MR) is 195 cm³/mol. The second-order valence-electron chi connectivity index (χ2n) is 12.2. The molecule has 10 heteroatoms. The van der Waals surface area contributed by atoms with Gasteiger partial charge in [-0.2, -0.15) is 0 Å². The van der Waals surface area contributed by atoms with Crippen molar-refractivity contribution >= 4 is 11.8 Å². The second-order valence-corrected chi connectivity index (χ2v) is 12.2. The lowest BCUT2D eigenvalue weighted by Gasteiger charge is -2.14. The molecule has 0 aromatic heterocycles. The Labute approximate surface area is 296 Å². The molecule has 0 bridgehead atoms. The van der Waals surface area contributed by atoms with E-state index in [2.05, 4.69) is 10.6 Å². The lowest BCUT2D eigenvalue weighted by molar-refractivity contribution is -0.120. The van der Waals surface area contributed by atoms with Gasteiger partial charge in [-0.1, -0.05) is 0 Å². The summed E-state index contributed by atoms with van der Waals surface area (Å²) >= 11 is 0. The smallest absolute Gasteiger partial charge is 0.217 e. The molecule has 10 nitrogen and oxygen atoms in total. The molecular weight excluding hydrogens is 636 g/mol. The Bertz CT molecular complexity index is 1450. The molecule has 50 heavy (non-hydrogen) atoms. The standard InChI is InChI=1S/2C20H25NO4/c2*1-14(2)24-18-9-11-20(12-10-18)25-19-7-5-17(6-8-19)23-13-15(3)21-16(4)22/h2*5-12,14-15H,13H2,1-4H3,(H,21,22)/t15-;/m0./s1. The van der Waals surface area contributed by atoms with Gasteiger partial charge in [0.25, 0.3) is 0 Å². The van der Waals surface area contributed by atoms with Crippen LogP contribution in [-0.4, -0.2) is 49.3 Å². The van der Waals surface area contributed by atoms with Crippen LogP contribution in [0.5, 0.6) is 46.0 Å². The van der Waals surface area contributed by atoms with Crippen LogP contribution in [0.4, 0.5) is 0 Å². The minimum Gasteiger partial charge on any atom is -0.491 e. The molecule has 2 N–H and O–H groups in total. The lowest BCUT2D eigenvalue weighted by atomic mass is 10.3. The van der Waals surface area contributed by atoms with E-state index in [4.69, 9.17) is 28.4 Å². The monoisotopic (exact) mass is 686 g/mol. The van der Waals surface area contributed by atoms with Gasteiger partial charge in [0, 0.05) is 13.8 Å². The average molecular weight is 687 g/mol. The minimum atomic E-state index is -0.0651. The first kappa shape index (κ1) is 39.1. The SMILES string of the molecule is CC(=O)NC(C)COc1ccc(Oc2ccc(OC(C)C)cc2)cc1.CC(=O)N[C@@H](C)COc1ccc(Oc2ccc(OC(C)C)cc2)cc1. The van der Waals surface area contributed by atoms with Crippen LogP contribution < -0.4 is 39.1 Å². The van der Waals surface area contributed by atoms with E-state index >= 15 is 0 Å². The van der Waals surface area contributed by atoms with E-state index < -0.39 is 0 Å². The van der Waals surface area contributed by atoms with Crippen LogP contribution in [0.25, 0.3) is 0 Å². The summed E-state index contributed by atoms with van der Waals surface area (Å²) in [5.74, 6) is 5.89. The third-order valence-electron chi connectivity index (χ3n) is 6.41. The maximum atomic E-state index is 11.0. The van der Waals surface area contributed by atoms with Crippen LogP contribution >= 0.6 is 0 Å². The van der Waals surface area contributed by atoms with Crippen LogP contribution in [-0.2, 0) is 9.59 Å². The summed E-state index contributed by atoms with van der Waals surface area (Å²) in [6, 6.07) is 29.7. The van der Waals surface area contributed by atoms with E-state index in [0.717, 1.165) is 46.0 Å². The van der Waals surface area contributed by atoms with Gasteiger partial charge in [0.2, 0.25) is 11.8 Å². The summed E-state index contributed by atoms with van der Waals surface area (Å²) in [5, 5.41) is 5.55. The Morgan fingerprint density at radius 2 is 0.680 bits per heavy atom. The van der Waals surface area contributed by atoms with Crippen LogP contribution in [0.15, 0.2) is 97.1 Å². The molecule has 0 saturated heterocycles. The average Bonchev–Trinajstić information content (AvgIpc) is 3.05. The van der Waals surface area contributed by atoms with Gasteiger partial charge in [0.15, 0.2) is 0 Å². The van der Waals surface area contributed by atoms with Gasteiger partial charge in [0.1, 0.15) is 59.2 Å². The highest BCUT2D eigenvalue weighted by molar-refractivity contribution is 5.73. The van der Waals surface area contributed by atoms with Crippen molar-refractivity contribution < 1.29 is 38.0 Å². The molecule has 4 aromatic rings. The highest BCUT2D eigenvalue weighted by Crippen LogP contribution is 2.27. The summed E-state index contributed by atoms with van der Waals surface area (Å²) in [6.07, 6.45) is 0.292. The molecule has 0 heterocycles. The Balaban J connectivity index is 0.000000270. The second kappa shape index (κ2) is 20.2. The molecule has 0 spiro atoms. The van der Waals surface area contributed by atoms with Crippen molar-refractivity contribution in [2.75, 3.05) is 13.2 Å². The van der Waals surface area contributed by atoms with Crippen LogP contribution in [0.2, 0.25) is 0 Å². The van der Waals surface area contributed by atoms with E-state index in [-0.39, 0.29) is 36.1 Å². The number of amides is 2. The fraction of sp³-hybridized carbons (Fsp3) is 0.350. The third kappa shape index (κ3) is 15.7. The molecule has 0 fully saturated rings. The molecule has 0 aliphatic rings. The van der Waals surface area contributed by atoms with Crippen LogP contribution in [0.1, 0.15) is 55.4 Å². The summed E-state index contributed by atoms with van der Waals surface area (Å²) in [5.41, 5.74) is 0. The maximum absolute atomic E-state index is 11.0. The zero-order valence-electron chi connectivity index (χ0n) is 30.2. The van der Waals surface area contributed by atoms with Crippen LogP contribution in [0.3, 0.4) is 0 Å². The molecule has 0 aliphatic heterocycles. The topological polar surface area (TPSA) is 114 Å². The predicted octanol–water partition coefficient (Wildman–Crippen LogP) is 8.34. The third-order valence-corrected chi connectivity index (χ3v) is 6.41. The van der Waals surface area contributed by atoms with E-state index in [1.54, 1.807) is 0 Å². The Hall–Kier alpha value is -5.38. The maximum Gasteiger partial charge on any atom is 0.217 e. The molecule has 2 atom stereocenters. The quantitative estimate of drug-likeness (QED) is 0.121. The van der Waals surface area contributed by atoms with Gasteiger partial charge in [-0.3, -0.25) is 9.59 Å². The normalized spacial score (nSPS) is 11.7. The first-order valence-corrected chi connectivity index (χ1v) is 16.7. The number of benzene rings is 4. The van der Waals surface area contributed by atoms with Gasteiger partial charge in [-0.05, 0) is 139 Å². The van der Waals surface area contributed by atoms with E-state index in [0.29, 0.717) is 13.2 Å². The number of hydrogen-bond acceptors (Lipinski definition) is 8. The number of hydrogen-bond donors (Lipinski definition) is 2. The molecule has 2 amide bonds. The van der Waals surface area contributed by atoms with Gasteiger partial charge in [0.05, 0.1) is 24.3 Å². The van der Waals surface area contributed by atoms with Crippen molar-refractivity contribution in [2.24, 2.45) is 0 Å². The number of carbonyl (C=O) groups is 2. The molecule has 4 aromatic carbocycles. The van der Waals surface area contributed by atoms with Gasteiger partial charge in [-0.15, -0.1) is 0 Å². The summed E-state index contributed by atoms with van der Waals surface area (Å²) in [6.45, 7) is 15.6. The number of ether oxygens (including phenoxy) is 6. The number of rotatable bonds is 16. The largest absolute Gasteiger partial charge is 0.491 e. The highest BCUT2D eigenvalue weighted by Gasteiger charge is 2.07. The zero-order chi connectivity index (χ0) is 36.5. The molecule has 268 valence electrons. The van der Waals surface area contributed by atoms with Crippen molar-refractivity contribution in [3.05, 3.63) is 97.1 Å². The first-order chi connectivity index (χ1) is 23.8. The molecule has 0 aliphatic carbocycles. The van der Waals surface area contributed by atoms with Crippen molar-refractivity contribution in [3.63, 3.8) is 0 Å². The highest BCUT2D eigenvalue weighted by atomic mass is 16.5. The first-order valence-electron chi connectivity index (χ1n) is 16.7. The Kier molecular flexibility index (Phi) is 15.8. The lowest BCUT2D eigenvalue weighted by Crippen LogP contribution is -2.35. The molecule has 0 radical (unpaired) electrons. The summed E-state index contributed by atoms with van der Waals surface area (Å²) in [4.78, 5) is 21.9. The van der Waals surface area contributed by atoms with Crippen molar-refractivity contribution in [3.8, 4) is 46.0 Å². The van der Waals surface area contributed by atoms with Crippen LogP contribution in [0, 0.1) is 0 Å². The van der Waals surface area contributed by atoms with Crippen molar-refractivity contribution in [1.29, 1.82) is 0 Å². The molecule has 1 unspecified atom stereocenters. The van der Waals surface area contributed by atoms with Gasteiger partial charge in [-0.25, -0.2) is 0 Å². The minimum absolute atomic E-state index is 0.0417. The van der Waals surface area contributed by atoms with E-state index in [1.807, 2.05) is 139 Å². The fourth-order valence-corrected chi connectivity index (χ4v) is 4.42. The number of carbonyl (C=O) groups excluding carboxylic acids is 2. The Morgan fingerprint density at radius 3 is 0.920 bits per heavy atom. The van der Waals surface area contributed by atoms with Gasteiger partial charge < -0.3 is 39.1 Å². The van der Waals surface area contributed by atoms with E-state index in [1.165, 1.54) is 13.8 Å². The van der Waals surface area contributed by atoms with E-state index in [9.17, 15) is 9.59 Å². The molecular formula is C40H50N2O8. The Morgan fingerprint density at radius 1 is 0.440 bits per heavy atom. The molecule has 4 rings (SSSR count). The number of nitrogens with one attached hydrogen (secondary N) is 2. The summed E-state index contributed by atoms with van der Waals surface area (Å²) in [7, 11) is 0. The fourth-order valence-electron chi connectivity index (χ4n) is 4.42. The molecule has 0 saturated carbocycles. The van der Waals surface area contributed by atoms with Gasteiger partial charge >= 0.3 is 0 Å². The van der Waals surface area contributed by atoms with Crippen molar-refractivity contribution in [1.82, 2.24) is 10.6 Å². The zero-order valence-corrected chi connectivity index (χ0v) is 30.2.